The van der Waals surface area contributed by atoms with Crippen LogP contribution in [0.1, 0.15) is 19.3 Å². The predicted molar refractivity (Wildman–Crippen MR) is 60.9 cm³/mol. The van der Waals surface area contributed by atoms with Gasteiger partial charge < -0.3 is 14.5 Å². The van der Waals surface area contributed by atoms with Gasteiger partial charge in [-0.2, -0.15) is 11.8 Å². The minimum absolute atomic E-state index is 0.0412. The first-order chi connectivity index (χ1) is 7.17. The van der Waals surface area contributed by atoms with E-state index in [0.717, 1.165) is 12.6 Å². The van der Waals surface area contributed by atoms with Crippen molar-refractivity contribution in [2.24, 2.45) is 0 Å². The molecule has 0 saturated heterocycles. The van der Waals surface area contributed by atoms with Crippen LogP contribution in [0.3, 0.4) is 0 Å². The summed E-state index contributed by atoms with van der Waals surface area (Å²) in [6.45, 7) is 0.563. The molecule has 1 atom stereocenters. The fourth-order valence-corrected chi connectivity index (χ4v) is 1.81. The fourth-order valence-electron chi connectivity index (χ4n) is 1.15. The van der Waals surface area contributed by atoms with Crippen LogP contribution in [0.4, 0.5) is 0 Å². The lowest BCUT2D eigenvalue weighted by Crippen LogP contribution is -2.35. The van der Waals surface area contributed by atoms with E-state index in [1.807, 2.05) is 6.26 Å². The summed E-state index contributed by atoms with van der Waals surface area (Å²) in [6.07, 6.45) is 4.81. The second-order valence-electron chi connectivity index (χ2n) is 3.20. The van der Waals surface area contributed by atoms with Crippen molar-refractivity contribution < 1.29 is 14.4 Å². The number of hydrogen-bond donors (Lipinski definition) is 0. The number of amides is 1. The van der Waals surface area contributed by atoms with Crippen LogP contribution in [-0.2, 0) is 14.4 Å². The molecule has 0 aliphatic carbocycles. The first-order valence-electron chi connectivity index (χ1n) is 4.82. The van der Waals surface area contributed by atoms with Gasteiger partial charge in [-0.15, -0.1) is 0 Å². The van der Waals surface area contributed by atoms with Crippen LogP contribution < -0.4 is 0 Å². The van der Waals surface area contributed by atoms with Gasteiger partial charge in [-0.25, -0.2) is 0 Å². The Morgan fingerprint density at radius 2 is 2.07 bits per heavy atom. The molecule has 1 amide bonds. The topological polar surface area (TPSA) is 54.5 Å². The van der Waals surface area contributed by atoms with Gasteiger partial charge in [0.2, 0.25) is 5.91 Å². The number of aldehydes is 2. The summed E-state index contributed by atoms with van der Waals surface area (Å²) in [5.41, 5.74) is 0. The minimum Gasteiger partial charge on any atom is -0.345 e. The molecule has 5 heteroatoms. The Bertz CT molecular complexity index is 221. The maximum atomic E-state index is 11.7. The van der Waals surface area contributed by atoms with E-state index in [0.29, 0.717) is 19.4 Å². The Morgan fingerprint density at radius 3 is 2.53 bits per heavy atom. The van der Waals surface area contributed by atoms with Crippen molar-refractivity contribution in [2.45, 2.75) is 24.5 Å². The molecule has 0 aromatic heterocycles. The molecule has 86 valence electrons. The van der Waals surface area contributed by atoms with Gasteiger partial charge in [0.25, 0.3) is 0 Å². The number of hydrogen-bond acceptors (Lipinski definition) is 4. The Hall–Kier alpha value is -0.840. The third-order valence-electron chi connectivity index (χ3n) is 2.06. The number of rotatable bonds is 8. The van der Waals surface area contributed by atoms with E-state index >= 15 is 0 Å². The zero-order valence-electron chi connectivity index (χ0n) is 9.14. The summed E-state index contributed by atoms with van der Waals surface area (Å²) in [6, 6.07) is 0. The van der Waals surface area contributed by atoms with Crippen LogP contribution in [0.25, 0.3) is 0 Å². The van der Waals surface area contributed by atoms with Gasteiger partial charge in [0.15, 0.2) is 0 Å². The molecule has 0 rings (SSSR count). The molecule has 0 bridgehead atoms. The second-order valence-corrected chi connectivity index (χ2v) is 4.24. The maximum Gasteiger partial charge on any atom is 0.235 e. The maximum absolute atomic E-state index is 11.7. The van der Waals surface area contributed by atoms with Crippen molar-refractivity contribution in [3.8, 4) is 0 Å². The van der Waals surface area contributed by atoms with E-state index in [1.54, 1.807) is 11.9 Å². The first kappa shape index (κ1) is 14.2. The molecule has 15 heavy (non-hydrogen) atoms. The summed E-state index contributed by atoms with van der Waals surface area (Å²) in [5.74, 6) is -0.0412. The van der Waals surface area contributed by atoms with Crippen LogP contribution in [0.2, 0.25) is 0 Å². The SMILES string of the molecule is CSC(CC=O)C(=O)N(C)CCCC=O. The average Bonchev–Trinajstić information content (AvgIpc) is 2.25. The highest BCUT2D eigenvalue weighted by Crippen LogP contribution is 2.12. The number of nitrogens with zero attached hydrogens (tertiary/aromatic N) is 1. The number of carbonyl (C=O) groups excluding carboxylic acids is 3. The minimum atomic E-state index is -0.288. The van der Waals surface area contributed by atoms with E-state index < -0.39 is 0 Å². The molecule has 0 aromatic carbocycles. The lowest BCUT2D eigenvalue weighted by atomic mass is 10.2. The molecular weight excluding hydrogens is 214 g/mol. The molecule has 4 nitrogen and oxygen atoms in total. The zero-order valence-corrected chi connectivity index (χ0v) is 9.96. The van der Waals surface area contributed by atoms with E-state index in [1.165, 1.54) is 11.8 Å². The van der Waals surface area contributed by atoms with Gasteiger partial charge in [-0.1, -0.05) is 0 Å². The highest BCUT2D eigenvalue weighted by molar-refractivity contribution is 7.99. The summed E-state index contributed by atoms with van der Waals surface area (Å²) >= 11 is 1.38. The number of unbranched alkanes of at least 4 members (excludes halogenated alkanes) is 1. The molecule has 1 unspecified atom stereocenters. The van der Waals surface area contributed by atoms with Gasteiger partial charge in [0, 0.05) is 26.4 Å². The summed E-state index contributed by atoms with van der Waals surface area (Å²) in [5, 5.41) is -0.288. The molecule has 0 radical (unpaired) electrons. The molecule has 0 aromatic rings. The van der Waals surface area contributed by atoms with Gasteiger partial charge in [-0.3, -0.25) is 4.79 Å². The molecule has 0 saturated carbocycles. The Kier molecular flexibility index (Phi) is 7.99. The predicted octanol–water partition coefficient (Wildman–Crippen LogP) is 0.745. The molecular formula is C10H17NO3S. The van der Waals surface area contributed by atoms with Crippen molar-refractivity contribution >= 4 is 30.2 Å². The quantitative estimate of drug-likeness (QED) is 0.457. The second kappa shape index (κ2) is 8.47. The summed E-state index contributed by atoms with van der Waals surface area (Å²) in [7, 11) is 1.70. The highest BCUT2D eigenvalue weighted by Gasteiger charge is 2.19. The van der Waals surface area contributed by atoms with E-state index in [-0.39, 0.29) is 17.6 Å². The van der Waals surface area contributed by atoms with Crippen LogP contribution in [-0.4, -0.2) is 48.5 Å². The van der Waals surface area contributed by atoms with Gasteiger partial charge >= 0.3 is 0 Å². The molecule has 0 aliphatic rings. The largest absolute Gasteiger partial charge is 0.345 e. The highest BCUT2D eigenvalue weighted by atomic mass is 32.2. The number of thioether (sulfide) groups is 1. The summed E-state index contributed by atoms with van der Waals surface area (Å²) in [4.78, 5) is 33.7. The third kappa shape index (κ3) is 5.57. The normalized spacial score (nSPS) is 11.9. The summed E-state index contributed by atoms with van der Waals surface area (Å²) < 4.78 is 0. The van der Waals surface area contributed by atoms with E-state index in [4.69, 9.17) is 0 Å². The average molecular weight is 231 g/mol. The standard InChI is InChI=1S/C10H17NO3S/c1-11(6-3-4-7-12)10(14)9(15-2)5-8-13/h7-9H,3-6H2,1-2H3. The number of carbonyl (C=O) groups is 3. The van der Waals surface area contributed by atoms with Crippen LogP contribution in [0.5, 0.6) is 0 Å². The smallest absolute Gasteiger partial charge is 0.235 e. The Labute approximate surface area is 94.4 Å². The monoisotopic (exact) mass is 231 g/mol. The van der Waals surface area contributed by atoms with Gasteiger partial charge in [0.05, 0.1) is 5.25 Å². The zero-order chi connectivity index (χ0) is 11.7. The molecule has 0 heterocycles. The lowest BCUT2D eigenvalue weighted by molar-refractivity contribution is -0.130. The van der Waals surface area contributed by atoms with Gasteiger partial charge in [-0.05, 0) is 12.7 Å². The van der Waals surface area contributed by atoms with Crippen LogP contribution >= 0.6 is 11.8 Å². The van der Waals surface area contributed by atoms with Crippen LogP contribution in [0.15, 0.2) is 0 Å². The molecule has 0 spiro atoms. The van der Waals surface area contributed by atoms with Crippen molar-refractivity contribution in [1.82, 2.24) is 4.90 Å². The lowest BCUT2D eigenvalue weighted by Gasteiger charge is -2.21. The fraction of sp³-hybridized carbons (Fsp3) is 0.700. The third-order valence-corrected chi connectivity index (χ3v) is 3.03. The van der Waals surface area contributed by atoms with E-state index in [9.17, 15) is 14.4 Å². The first-order valence-corrected chi connectivity index (χ1v) is 6.11. The van der Waals surface area contributed by atoms with Gasteiger partial charge in [0.1, 0.15) is 12.6 Å². The molecule has 0 aliphatic heterocycles. The van der Waals surface area contributed by atoms with Crippen molar-refractivity contribution in [3.05, 3.63) is 0 Å². The molecule has 0 fully saturated rings. The Balaban J connectivity index is 4.03. The van der Waals surface area contributed by atoms with Crippen molar-refractivity contribution in [2.75, 3.05) is 19.8 Å². The van der Waals surface area contributed by atoms with Crippen molar-refractivity contribution in [3.63, 3.8) is 0 Å². The van der Waals surface area contributed by atoms with Crippen LogP contribution in [0, 0.1) is 0 Å². The van der Waals surface area contributed by atoms with Crippen molar-refractivity contribution in [1.29, 1.82) is 0 Å². The van der Waals surface area contributed by atoms with E-state index in [2.05, 4.69) is 0 Å². The Morgan fingerprint density at radius 1 is 1.40 bits per heavy atom. The molecule has 0 N–H and O–H groups in total.